The summed E-state index contributed by atoms with van der Waals surface area (Å²) in [4.78, 5) is 33.1. The number of amides is 3. The van der Waals surface area contributed by atoms with Gasteiger partial charge in [-0.25, -0.2) is 4.79 Å². The Bertz CT molecular complexity index is 316. The Morgan fingerprint density at radius 2 is 1.63 bits per heavy atom. The van der Waals surface area contributed by atoms with Crippen LogP contribution in [0.3, 0.4) is 0 Å². The van der Waals surface area contributed by atoms with Gasteiger partial charge in [-0.2, -0.15) is 0 Å². The van der Waals surface area contributed by atoms with Crippen molar-refractivity contribution in [1.82, 2.24) is 10.6 Å². The van der Waals surface area contributed by atoms with E-state index in [-0.39, 0.29) is 24.8 Å². The molecule has 6 nitrogen and oxygen atoms in total. The van der Waals surface area contributed by atoms with Crippen LogP contribution in [0.15, 0.2) is 0 Å². The predicted molar refractivity (Wildman–Crippen MR) is 71.7 cm³/mol. The number of carbonyl (C=O) groups excluding carboxylic acids is 2. The summed E-state index contributed by atoms with van der Waals surface area (Å²) in [5, 5.41) is 13.4. The van der Waals surface area contributed by atoms with Crippen LogP contribution in [0.5, 0.6) is 0 Å². The number of carboxylic acid groups (broad SMARTS) is 1. The van der Waals surface area contributed by atoms with Gasteiger partial charge in [0.1, 0.15) is 0 Å². The normalized spacial score (nSPS) is 12.0. The number of rotatable bonds is 8. The molecule has 0 saturated heterocycles. The highest BCUT2D eigenvalue weighted by atomic mass is 16.4. The molecular formula is C13H24N2O4. The van der Waals surface area contributed by atoms with E-state index in [1.165, 1.54) is 0 Å². The van der Waals surface area contributed by atoms with Gasteiger partial charge >= 0.3 is 12.0 Å². The zero-order valence-electron chi connectivity index (χ0n) is 11.9. The molecule has 6 heteroatoms. The molecule has 0 rings (SSSR count). The molecule has 1 atom stereocenters. The van der Waals surface area contributed by atoms with Gasteiger partial charge in [0, 0.05) is 18.9 Å². The van der Waals surface area contributed by atoms with Crippen molar-refractivity contribution in [1.29, 1.82) is 0 Å². The number of nitrogens with one attached hydrogen (secondary N) is 2. The highest BCUT2D eigenvalue weighted by Gasteiger charge is 2.11. The Hall–Kier alpha value is -1.59. The molecule has 1 unspecified atom stereocenters. The fraction of sp³-hybridized carbons (Fsp3) is 0.769. The first-order valence-electron chi connectivity index (χ1n) is 6.63. The fourth-order valence-corrected chi connectivity index (χ4v) is 1.78. The summed E-state index contributed by atoms with van der Waals surface area (Å²) < 4.78 is 0. The molecule has 0 fully saturated rings. The van der Waals surface area contributed by atoms with Crippen LogP contribution in [0.25, 0.3) is 0 Å². The van der Waals surface area contributed by atoms with Crippen molar-refractivity contribution >= 4 is 17.9 Å². The van der Waals surface area contributed by atoms with Crippen LogP contribution in [-0.2, 0) is 9.59 Å². The Kier molecular flexibility index (Phi) is 8.57. The summed E-state index contributed by atoms with van der Waals surface area (Å²) in [6, 6.07) is -0.476. The third kappa shape index (κ3) is 11.2. The molecule has 0 aromatic carbocycles. The summed E-state index contributed by atoms with van der Waals surface area (Å²) >= 11 is 0. The zero-order chi connectivity index (χ0) is 14.8. The molecule has 0 saturated carbocycles. The molecule has 3 amide bonds. The minimum absolute atomic E-state index is 0.0137. The molecule has 0 spiro atoms. The van der Waals surface area contributed by atoms with Crippen LogP contribution in [0.2, 0.25) is 0 Å². The van der Waals surface area contributed by atoms with Crippen LogP contribution in [-0.4, -0.2) is 29.1 Å². The standard InChI is InChI=1S/C13H24N2O4/c1-9(2)8-10(3)14-13(19)15-11(16)6-4-5-7-12(17)18/h9-10H,4-8H2,1-3H3,(H,17,18)(H2,14,15,16,19). The highest BCUT2D eigenvalue weighted by molar-refractivity contribution is 5.94. The van der Waals surface area contributed by atoms with Crippen molar-refractivity contribution in [3.8, 4) is 0 Å². The maximum Gasteiger partial charge on any atom is 0.321 e. The van der Waals surface area contributed by atoms with E-state index in [4.69, 9.17) is 5.11 Å². The molecule has 0 aliphatic rings. The molecule has 0 aliphatic heterocycles. The van der Waals surface area contributed by atoms with Crippen molar-refractivity contribution in [2.24, 2.45) is 5.92 Å². The predicted octanol–water partition coefficient (Wildman–Crippen LogP) is 1.89. The molecule has 0 heterocycles. The van der Waals surface area contributed by atoms with E-state index in [0.717, 1.165) is 6.42 Å². The second-order valence-corrected chi connectivity index (χ2v) is 5.15. The maximum absolute atomic E-state index is 11.4. The number of urea groups is 1. The van der Waals surface area contributed by atoms with Crippen molar-refractivity contribution < 1.29 is 19.5 Å². The minimum atomic E-state index is -0.874. The summed E-state index contributed by atoms with van der Waals surface area (Å²) in [5.74, 6) is -0.776. The number of carboxylic acids is 1. The van der Waals surface area contributed by atoms with Crippen molar-refractivity contribution in [3.05, 3.63) is 0 Å². The number of hydrogen-bond acceptors (Lipinski definition) is 3. The van der Waals surface area contributed by atoms with Gasteiger partial charge in [0.05, 0.1) is 0 Å². The number of imide groups is 1. The molecule has 0 aliphatic carbocycles. The third-order valence-electron chi connectivity index (χ3n) is 2.50. The smallest absolute Gasteiger partial charge is 0.321 e. The minimum Gasteiger partial charge on any atom is -0.481 e. The first kappa shape index (κ1) is 17.4. The van der Waals surface area contributed by atoms with Gasteiger partial charge in [0.15, 0.2) is 0 Å². The Labute approximate surface area is 113 Å². The molecule has 0 bridgehead atoms. The quantitative estimate of drug-likeness (QED) is 0.588. The van der Waals surface area contributed by atoms with Gasteiger partial charge in [-0.05, 0) is 32.1 Å². The van der Waals surface area contributed by atoms with E-state index >= 15 is 0 Å². The lowest BCUT2D eigenvalue weighted by atomic mass is 10.1. The van der Waals surface area contributed by atoms with E-state index in [0.29, 0.717) is 18.8 Å². The summed E-state index contributed by atoms with van der Waals surface area (Å²) in [6.45, 7) is 6.00. The Morgan fingerprint density at radius 3 is 2.16 bits per heavy atom. The van der Waals surface area contributed by atoms with E-state index in [2.05, 4.69) is 24.5 Å². The number of unbranched alkanes of at least 4 members (excludes halogenated alkanes) is 1. The molecule has 0 aromatic rings. The molecular weight excluding hydrogens is 248 g/mol. The lowest BCUT2D eigenvalue weighted by Gasteiger charge is -2.15. The van der Waals surface area contributed by atoms with Gasteiger partial charge < -0.3 is 10.4 Å². The largest absolute Gasteiger partial charge is 0.481 e. The molecule has 19 heavy (non-hydrogen) atoms. The SMILES string of the molecule is CC(C)CC(C)NC(=O)NC(=O)CCCCC(=O)O. The van der Waals surface area contributed by atoms with Crippen LogP contribution < -0.4 is 10.6 Å². The lowest BCUT2D eigenvalue weighted by molar-refractivity contribution is -0.137. The van der Waals surface area contributed by atoms with Crippen LogP contribution in [0.1, 0.15) is 52.9 Å². The molecule has 0 aromatic heterocycles. The third-order valence-corrected chi connectivity index (χ3v) is 2.50. The summed E-state index contributed by atoms with van der Waals surface area (Å²) in [5.41, 5.74) is 0. The van der Waals surface area contributed by atoms with Gasteiger partial charge in [0.25, 0.3) is 0 Å². The summed E-state index contributed by atoms with van der Waals surface area (Å²) in [7, 11) is 0. The maximum atomic E-state index is 11.4. The van der Waals surface area contributed by atoms with Crippen molar-refractivity contribution in [2.45, 2.75) is 58.9 Å². The summed E-state index contributed by atoms with van der Waals surface area (Å²) in [6.07, 6.45) is 1.96. The first-order chi connectivity index (χ1) is 8.81. The van der Waals surface area contributed by atoms with Crippen LogP contribution in [0.4, 0.5) is 4.79 Å². The Morgan fingerprint density at radius 1 is 1.05 bits per heavy atom. The molecule has 0 radical (unpaired) electrons. The molecule has 3 N–H and O–H groups in total. The van der Waals surface area contributed by atoms with Crippen LogP contribution in [0, 0.1) is 5.92 Å². The van der Waals surface area contributed by atoms with Gasteiger partial charge in [0.2, 0.25) is 5.91 Å². The average Bonchev–Trinajstić information content (AvgIpc) is 2.22. The van der Waals surface area contributed by atoms with Gasteiger partial charge in [-0.1, -0.05) is 13.8 Å². The first-order valence-corrected chi connectivity index (χ1v) is 6.63. The monoisotopic (exact) mass is 272 g/mol. The second-order valence-electron chi connectivity index (χ2n) is 5.15. The van der Waals surface area contributed by atoms with Gasteiger partial charge in [-0.15, -0.1) is 0 Å². The topological polar surface area (TPSA) is 95.5 Å². The highest BCUT2D eigenvalue weighted by Crippen LogP contribution is 2.03. The van der Waals surface area contributed by atoms with E-state index in [9.17, 15) is 14.4 Å². The number of aliphatic carboxylic acids is 1. The van der Waals surface area contributed by atoms with Gasteiger partial charge in [-0.3, -0.25) is 14.9 Å². The molecule has 110 valence electrons. The lowest BCUT2D eigenvalue weighted by Crippen LogP contribution is -2.43. The number of hydrogen-bond donors (Lipinski definition) is 3. The van der Waals surface area contributed by atoms with Crippen molar-refractivity contribution in [2.75, 3.05) is 0 Å². The average molecular weight is 272 g/mol. The van der Waals surface area contributed by atoms with E-state index in [1.54, 1.807) is 0 Å². The number of carbonyl (C=O) groups is 3. The van der Waals surface area contributed by atoms with E-state index < -0.39 is 12.0 Å². The zero-order valence-corrected chi connectivity index (χ0v) is 11.9. The Balaban J connectivity index is 3.74. The van der Waals surface area contributed by atoms with E-state index in [1.807, 2.05) is 6.92 Å². The fourth-order valence-electron chi connectivity index (χ4n) is 1.78. The van der Waals surface area contributed by atoms with Crippen LogP contribution >= 0.6 is 0 Å². The second kappa shape index (κ2) is 9.35. The van der Waals surface area contributed by atoms with Crippen molar-refractivity contribution in [3.63, 3.8) is 0 Å².